The number of aliphatic hydroxyl groups excluding tert-OH is 1. The molecule has 2 aromatic rings. The Bertz CT molecular complexity index is 574. The van der Waals surface area contributed by atoms with E-state index in [0.717, 1.165) is 16.9 Å². The Morgan fingerprint density at radius 2 is 2.31 bits per heavy atom. The number of ketones is 1. The molecule has 0 unspecified atom stereocenters. The van der Waals surface area contributed by atoms with Crippen molar-refractivity contribution in [3.05, 3.63) is 41.6 Å². The van der Waals surface area contributed by atoms with E-state index < -0.39 is 0 Å². The molecule has 0 radical (unpaired) electrons. The summed E-state index contributed by atoms with van der Waals surface area (Å²) in [4.78, 5) is 20.0. The first kappa shape index (κ1) is 9.23. The van der Waals surface area contributed by atoms with Crippen LogP contribution in [0.25, 0.3) is 5.82 Å². The number of aromatic nitrogens is 3. The number of Topliss-reactive ketones (excluding diaryl/α,β-unsaturated/α-hetero) is 1. The van der Waals surface area contributed by atoms with Crippen LogP contribution in [0.1, 0.15) is 21.6 Å². The molecule has 0 amide bonds. The number of fused-ring (bicyclic) bond motifs is 3. The van der Waals surface area contributed by atoms with Crippen molar-refractivity contribution in [1.82, 2.24) is 14.5 Å². The van der Waals surface area contributed by atoms with Crippen LogP contribution >= 0.6 is 0 Å². The lowest BCUT2D eigenvalue weighted by molar-refractivity contribution is 0.0982. The van der Waals surface area contributed by atoms with Crippen LogP contribution in [-0.2, 0) is 13.0 Å². The van der Waals surface area contributed by atoms with E-state index in [-0.39, 0.29) is 12.4 Å². The Morgan fingerprint density at radius 1 is 1.44 bits per heavy atom. The molecule has 0 fully saturated rings. The first-order valence-electron chi connectivity index (χ1n) is 4.94. The minimum Gasteiger partial charge on any atom is -0.392 e. The quantitative estimate of drug-likeness (QED) is 0.752. The van der Waals surface area contributed by atoms with E-state index in [1.807, 2.05) is 6.07 Å². The molecule has 1 aliphatic rings. The summed E-state index contributed by atoms with van der Waals surface area (Å²) in [5.74, 6) is 0.756. The highest BCUT2D eigenvalue weighted by atomic mass is 16.3. The molecule has 2 aromatic heterocycles. The number of carbonyl (C=O) groups is 1. The fraction of sp³-hybridized carbons (Fsp3) is 0.182. The van der Waals surface area contributed by atoms with Crippen LogP contribution in [0.5, 0.6) is 0 Å². The number of rotatable bonds is 1. The maximum atomic E-state index is 11.8. The van der Waals surface area contributed by atoms with Crippen molar-refractivity contribution >= 4 is 5.78 Å². The number of hydrogen-bond acceptors (Lipinski definition) is 4. The molecular formula is C11H9N3O2. The zero-order valence-electron chi connectivity index (χ0n) is 8.42. The second-order valence-corrected chi connectivity index (χ2v) is 3.73. The molecule has 1 aliphatic heterocycles. The van der Waals surface area contributed by atoms with Crippen molar-refractivity contribution in [1.29, 1.82) is 0 Å². The van der Waals surface area contributed by atoms with Gasteiger partial charge in [-0.15, -0.1) is 0 Å². The molecule has 3 rings (SSSR count). The summed E-state index contributed by atoms with van der Waals surface area (Å²) in [5, 5.41) is 9.02. The van der Waals surface area contributed by atoms with E-state index in [4.69, 9.17) is 5.11 Å². The first-order chi connectivity index (χ1) is 7.79. The zero-order chi connectivity index (χ0) is 11.1. The van der Waals surface area contributed by atoms with Crippen molar-refractivity contribution in [2.24, 2.45) is 0 Å². The van der Waals surface area contributed by atoms with E-state index in [2.05, 4.69) is 9.97 Å². The lowest BCUT2D eigenvalue weighted by atomic mass is 10.0. The highest BCUT2D eigenvalue weighted by Crippen LogP contribution is 2.23. The lowest BCUT2D eigenvalue weighted by Gasteiger charge is -2.16. The molecule has 80 valence electrons. The largest absolute Gasteiger partial charge is 0.392 e. The normalized spacial score (nSPS) is 13.4. The number of hydrogen-bond donors (Lipinski definition) is 1. The predicted octanol–water partition coefficient (Wildman–Crippen LogP) is 0.498. The van der Waals surface area contributed by atoms with Crippen molar-refractivity contribution < 1.29 is 9.90 Å². The topological polar surface area (TPSA) is 68.0 Å². The summed E-state index contributed by atoms with van der Waals surface area (Å²) in [6, 6.07) is 1.81. The zero-order valence-corrected chi connectivity index (χ0v) is 8.42. The summed E-state index contributed by atoms with van der Waals surface area (Å²) < 4.78 is 1.68. The predicted molar refractivity (Wildman–Crippen MR) is 55.3 cm³/mol. The molecule has 0 atom stereocenters. The van der Waals surface area contributed by atoms with Crippen LogP contribution in [0.3, 0.4) is 0 Å². The van der Waals surface area contributed by atoms with Gasteiger partial charge in [0, 0.05) is 18.2 Å². The number of nitrogens with zero attached hydrogens (tertiary/aromatic N) is 3. The monoisotopic (exact) mass is 215 g/mol. The van der Waals surface area contributed by atoms with Crippen LogP contribution in [0.15, 0.2) is 24.8 Å². The molecule has 0 bridgehead atoms. The molecule has 16 heavy (non-hydrogen) atoms. The van der Waals surface area contributed by atoms with Gasteiger partial charge in [0.2, 0.25) is 0 Å². The summed E-state index contributed by atoms with van der Waals surface area (Å²) in [6.07, 6.45) is 5.06. The van der Waals surface area contributed by atoms with Gasteiger partial charge in [-0.05, 0) is 11.6 Å². The number of carbonyl (C=O) groups excluding carboxylic acids is 1. The molecule has 1 N–H and O–H groups in total. The van der Waals surface area contributed by atoms with Gasteiger partial charge >= 0.3 is 0 Å². The number of imidazole rings is 1. The average molecular weight is 215 g/mol. The van der Waals surface area contributed by atoms with E-state index in [1.165, 1.54) is 0 Å². The molecule has 0 aromatic carbocycles. The van der Waals surface area contributed by atoms with Crippen LogP contribution in [0, 0.1) is 0 Å². The first-order valence-corrected chi connectivity index (χ1v) is 4.94. The third kappa shape index (κ3) is 1.18. The molecule has 0 saturated heterocycles. The Balaban J connectivity index is 2.23. The second-order valence-electron chi connectivity index (χ2n) is 3.73. The van der Waals surface area contributed by atoms with Crippen LogP contribution < -0.4 is 0 Å². The lowest BCUT2D eigenvalue weighted by Crippen LogP contribution is -2.19. The maximum absolute atomic E-state index is 11.8. The number of pyridine rings is 1. The molecule has 5 heteroatoms. The van der Waals surface area contributed by atoms with Gasteiger partial charge in [-0.25, -0.2) is 9.97 Å². The van der Waals surface area contributed by atoms with Crippen molar-refractivity contribution in [2.75, 3.05) is 0 Å². The second kappa shape index (κ2) is 3.24. The van der Waals surface area contributed by atoms with Crippen LogP contribution in [-0.4, -0.2) is 25.4 Å². The standard InChI is InChI=1S/C11H9N3O2/c15-5-7-1-8-2-10(16)9-4-12-6-14(9)11(8)13-3-7/h1,3-4,6,15H,2,5H2. The minimum absolute atomic E-state index is 0.0295. The molecule has 5 nitrogen and oxygen atoms in total. The van der Waals surface area contributed by atoms with Gasteiger partial charge in [0.1, 0.15) is 17.8 Å². The van der Waals surface area contributed by atoms with Gasteiger partial charge in [0.15, 0.2) is 5.78 Å². The summed E-state index contributed by atoms with van der Waals surface area (Å²) in [7, 11) is 0. The average Bonchev–Trinajstić information content (AvgIpc) is 2.78. The Hall–Kier alpha value is -2.01. The Kier molecular flexibility index (Phi) is 1.87. The van der Waals surface area contributed by atoms with E-state index in [0.29, 0.717) is 12.1 Å². The van der Waals surface area contributed by atoms with Gasteiger partial charge in [-0.1, -0.05) is 0 Å². The third-order valence-corrected chi connectivity index (χ3v) is 2.69. The molecule has 0 aliphatic carbocycles. The molecule has 0 saturated carbocycles. The fourth-order valence-corrected chi connectivity index (χ4v) is 1.92. The Labute approximate surface area is 91.4 Å². The van der Waals surface area contributed by atoms with E-state index >= 15 is 0 Å². The molecular weight excluding hydrogens is 206 g/mol. The highest BCUT2D eigenvalue weighted by molar-refractivity contribution is 5.98. The van der Waals surface area contributed by atoms with Gasteiger partial charge in [0.25, 0.3) is 0 Å². The maximum Gasteiger partial charge on any atom is 0.185 e. The van der Waals surface area contributed by atoms with Crippen LogP contribution in [0.2, 0.25) is 0 Å². The SMILES string of the molecule is O=C1Cc2cc(CO)cnc2-n2cncc21. The summed E-state index contributed by atoms with van der Waals surface area (Å²) in [5.41, 5.74) is 2.12. The fourth-order valence-electron chi connectivity index (χ4n) is 1.92. The van der Waals surface area contributed by atoms with Gasteiger partial charge < -0.3 is 5.11 Å². The van der Waals surface area contributed by atoms with E-state index in [9.17, 15) is 4.79 Å². The van der Waals surface area contributed by atoms with Gasteiger partial charge in [0.05, 0.1) is 12.8 Å². The third-order valence-electron chi connectivity index (χ3n) is 2.69. The minimum atomic E-state index is -0.0642. The van der Waals surface area contributed by atoms with Gasteiger partial charge in [-0.2, -0.15) is 0 Å². The van der Waals surface area contributed by atoms with Gasteiger partial charge in [-0.3, -0.25) is 9.36 Å². The molecule has 0 spiro atoms. The summed E-state index contributed by atoms with van der Waals surface area (Å²) in [6.45, 7) is -0.0642. The van der Waals surface area contributed by atoms with Crippen molar-refractivity contribution in [2.45, 2.75) is 13.0 Å². The van der Waals surface area contributed by atoms with Crippen molar-refractivity contribution in [3.63, 3.8) is 0 Å². The molecule has 3 heterocycles. The van der Waals surface area contributed by atoms with E-state index in [1.54, 1.807) is 23.3 Å². The van der Waals surface area contributed by atoms with Crippen molar-refractivity contribution in [3.8, 4) is 5.82 Å². The smallest absolute Gasteiger partial charge is 0.185 e. The summed E-state index contributed by atoms with van der Waals surface area (Å²) >= 11 is 0. The Morgan fingerprint density at radius 3 is 3.12 bits per heavy atom. The highest BCUT2D eigenvalue weighted by Gasteiger charge is 2.23. The number of aliphatic hydroxyl groups is 1. The van der Waals surface area contributed by atoms with Crippen LogP contribution in [0.4, 0.5) is 0 Å².